The number of anilines is 1. The zero-order valence-electron chi connectivity index (χ0n) is 15.7. The third-order valence-corrected chi connectivity index (χ3v) is 4.37. The second-order valence-corrected chi connectivity index (χ2v) is 6.63. The first-order valence-electron chi connectivity index (χ1n) is 8.88. The van der Waals surface area contributed by atoms with E-state index in [2.05, 4.69) is 11.1 Å². The van der Waals surface area contributed by atoms with E-state index >= 15 is 0 Å². The quantitative estimate of drug-likeness (QED) is 0.663. The third kappa shape index (κ3) is 3.88. The zero-order chi connectivity index (χ0) is 19.4. The first-order valence-corrected chi connectivity index (χ1v) is 8.88. The van der Waals surface area contributed by atoms with Crippen LogP contribution in [-0.2, 0) is 0 Å². The fraction of sp³-hybridized carbons (Fsp3) is 0.174. The van der Waals surface area contributed by atoms with Crippen LogP contribution in [0.2, 0.25) is 0 Å². The van der Waals surface area contributed by atoms with Crippen LogP contribution >= 0.6 is 0 Å². The van der Waals surface area contributed by atoms with Crippen molar-refractivity contribution >= 4 is 11.6 Å². The summed E-state index contributed by atoms with van der Waals surface area (Å²) < 4.78 is 0. The van der Waals surface area contributed by atoms with Gasteiger partial charge in [-0.2, -0.15) is 5.26 Å². The van der Waals surface area contributed by atoms with Crippen LogP contribution in [0.5, 0.6) is 0 Å². The van der Waals surface area contributed by atoms with Gasteiger partial charge in [0, 0.05) is 17.3 Å². The Morgan fingerprint density at radius 2 is 1.78 bits per heavy atom. The molecular formula is C23H21N3O. The molecule has 1 amide bonds. The minimum Gasteiger partial charge on any atom is -0.306 e. The van der Waals surface area contributed by atoms with Crippen LogP contribution in [0, 0.1) is 18.3 Å². The average molecular weight is 355 g/mol. The van der Waals surface area contributed by atoms with Crippen LogP contribution in [0.15, 0.2) is 66.7 Å². The molecule has 0 saturated heterocycles. The number of rotatable bonds is 4. The molecule has 0 fully saturated rings. The standard InChI is InChI=1S/C23H21N3O/c1-16(2)26(20-11-7-8-18(14-20)15-24)23(27)21-12-13-22(25-17(21)3)19-9-5-4-6-10-19/h4-14,16H,1-3H3. The van der Waals surface area contributed by atoms with Crippen molar-refractivity contribution in [3.05, 3.63) is 83.6 Å². The molecule has 1 heterocycles. The number of nitriles is 1. The number of pyridine rings is 1. The molecule has 3 aromatic rings. The lowest BCUT2D eigenvalue weighted by Gasteiger charge is -2.27. The lowest BCUT2D eigenvalue weighted by molar-refractivity contribution is 0.0979. The van der Waals surface area contributed by atoms with Crippen molar-refractivity contribution in [3.8, 4) is 17.3 Å². The molecule has 0 saturated carbocycles. The van der Waals surface area contributed by atoms with E-state index < -0.39 is 0 Å². The molecule has 0 aliphatic rings. The molecule has 0 N–H and O–H groups in total. The molecule has 0 spiro atoms. The summed E-state index contributed by atoms with van der Waals surface area (Å²) in [5.41, 5.74) is 4.34. The van der Waals surface area contributed by atoms with Crippen molar-refractivity contribution < 1.29 is 4.79 Å². The maximum Gasteiger partial charge on any atom is 0.260 e. The predicted molar refractivity (Wildman–Crippen MR) is 108 cm³/mol. The lowest BCUT2D eigenvalue weighted by Crippen LogP contribution is -2.37. The smallest absolute Gasteiger partial charge is 0.260 e. The van der Waals surface area contributed by atoms with Gasteiger partial charge in [-0.15, -0.1) is 0 Å². The lowest BCUT2D eigenvalue weighted by atomic mass is 10.1. The van der Waals surface area contributed by atoms with Gasteiger partial charge in [0.25, 0.3) is 5.91 Å². The summed E-state index contributed by atoms with van der Waals surface area (Å²) in [4.78, 5) is 19.6. The molecule has 3 rings (SSSR count). The molecule has 0 radical (unpaired) electrons. The summed E-state index contributed by atoms with van der Waals surface area (Å²) in [6, 6.07) is 22.8. The van der Waals surface area contributed by atoms with Crippen LogP contribution in [0.4, 0.5) is 5.69 Å². The van der Waals surface area contributed by atoms with Crippen LogP contribution in [0.1, 0.15) is 35.5 Å². The Kier molecular flexibility index (Phi) is 5.33. The Morgan fingerprint density at radius 3 is 2.41 bits per heavy atom. The Balaban J connectivity index is 1.98. The molecule has 1 aromatic heterocycles. The molecule has 0 atom stereocenters. The van der Waals surface area contributed by atoms with Gasteiger partial charge in [0.05, 0.1) is 28.6 Å². The Morgan fingerprint density at radius 1 is 1.04 bits per heavy atom. The number of nitrogens with zero attached hydrogens (tertiary/aromatic N) is 3. The number of carbonyl (C=O) groups is 1. The molecular weight excluding hydrogens is 334 g/mol. The maximum atomic E-state index is 13.3. The van der Waals surface area contributed by atoms with Gasteiger partial charge < -0.3 is 4.90 Å². The van der Waals surface area contributed by atoms with Crippen molar-refractivity contribution in [2.24, 2.45) is 0 Å². The van der Waals surface area contributed by atoms with E-state index in [1.165, 1.54) is 0 Å². The molecule has 0 bridgehead atoms. The normalized spacial score (nSPS) is 10.5. The fourth-order valence-electron chi connectivity index (χ4n) is 3.06. The molecule has 4 nitrogen and oxygen atoms in total. The topological polar surface area (TPSA) is 57.0 Å². The summed E-state index contributed by atoms with van der Waals surface area (Å²) >= 11 is 0. The first kappa shape index (κ1) is 18.3. The first-order chi connectivity index (χ1) is 13.0. The predicted octanol–water partition coefficient (Wildman–Crippen LogP) is 4.98. The van der Waals surface area contributed by atoms with E-state index in [-0.39, 0.29) is 11.9 Å². The Bertz CT molecular complexity index is 1000. The highest BCUT2D eigenvalue weighted by Gasteiger charge is 2.23. The zero-order valence-corrected chi connectivity index (χ0v) is 15.7. The third-order valence-electron chi connectivity index (χ3n) is 4.37. The number of aromatic nitrogens is 1. The van der Waals surface area contributed by atoms with Gasteiger partial charge in [0.15, 0.2) is 0 Å². The van der Waals surface area contributed by atoms with E-state index in [0.717, 1.165) is 11.3 Å². The van der Waals surface area contributed by atoms with E-state index in [0.29, 0.717) is 22.5 Å². The maximum absolute atomic E-state index is 13.3. The molecule has 134 valence electrons. The van der Waals surface area contributed by atoms with Crippen LogP contribution in [-0.4, -0.2) is 16.9 Å². The van der Waals surface area contributed by atoms with Gasteiger partial charge in [-0.05, 0) is 51.1 Å². The average Bonchev–Trinajstić information content (AvgIpc) is 2.68. The summed E-state index contributed by atoms with van der Waals surface area (Å²) in [7, 11) is 0. The highest BCUT2D eigenvalue weighted by Crippen LogP contribution is 2.24. The monoisotopic (exact) mass is 355 g/mol. The summed E-state index contributed by atoms with van der Waals surface area (Å²) in [5.74, 6) is -0.121. The second-order valence-electron chi connectivity index (χ2n) is 6.63. The van der Waals surface area contributed by atoms with Crippen LogP contribution in [0.3, 0.4) is 0 Å². The Labute approximate surface area is 159 Å². The van der Waals surface area contributed by atoms with Gasteiger partial charge in [0.2, 0.25) is 0 Å². The molecule has 2 aromatic carbocycles. The minimum atomic E-state index is -0.121. The van der Waals surface area contributed by atoms with Crippen molar-refractivity contribution in [1.29, 1.82) is 5.26 Å². The minimum absolute atomic E-state index is 0.0559. The summed E-state index contributed by atoms with van der Waals surface area (Å²) in [6.07, 6.45) is 0. The number of hydrogen-bond acceptors (Lipinski definition) is 3. The number of benzene rings is 2. The largest absolute Gasteiger partial charge is 0.306 e. The van der Waals surface area contributed by atoms with E-state index in [1.54, 1.807) is 23.1 Å². The van der Waals surface area contributed by atoms with Crippen molar-refractivity contribution in [3.63, 3.8) is 0 Å². The number of carbonyl (C=O) groups excluding carboxylic acids is 1. The molecule has 0 aliphatic heterocycles. The van der Waals surface area contributed by atoms with Gasteiger partial charge in [-0.1, -0.05) is 36.4 Å². The highest BCUT2D eigenvalue weighted by molar-refractivity contribution is 6.07. The van der Waals surface area contributed by atoms with Crippen molar-refractivity contribution in [1.82, 2.24) is 4.98 Å². The van der Waals surface area contributed by atoms with Gasteiger partial charge >= 0.3 is 0 Å². The van der Waals surface area contributed by atoms with Crippen molar-refractivity contribution in [2.45, 2.75) is 26.8 Å². The molecule has 4 heteroatoms. The summed E-state index contributed by atoms with van der Waals surface area (Å²) in [6.45, 7) is 5.76. The van der Waals surface area contributed by atoms with Crippen molar-refractivity contribution in [2.75, 3.05) is 4.90 Å². The van der Waals surface area contributed by atoms with Gasteiger partial charge in [-0.3, -0.25) is 9.78 Å². The van der Waals surface area contributed by atoms with E-state index in [1.807, 2.05) is 69.3 Å². The summed E-state index contributed by atoms with van der Waals surface area (Å²) in [5, 5.41) is 9.16. The molecule has 0 unspecified atom stereocenters. The second kappa shape index (κ2) is 7.84. The molecule has 0 aliphatic carbocycles. The van der Waals surface area contributed by atoms with E-state index in [9.17, 15) is 4.79 Å². The number of aryl methyl sites for hydroxylation is 1. The molecule has 27 heavy (non-hydrogen) atoms. The van der Waals surface area contributed by atoms with Crippen LogP contribution < -0.4 is 4.90 Å². The Hall–Kier alpha value is -3.45. The number of amides is 1. The fourth-order valence-corrected chi connectivity index (χ4v) is 3.06. The van der Waals surface area contributed by atoms with Gasteiger partial charge in [-0.25, -0.2) is 0 Å². The van der Waals surface area contributed by atoms with Gasteiger partial charge in [0.1, 0.15) is 0 Å². The van der Waals surface area contributed by atoms with E-state index in [4.69, 9.17) is 5.26 Å². The SMILES string of the molecule is Cc1nc(-c2ccccc2)ccc1C(=O)N(c1cccc(C#N)c1)C(C)C. The number of hydrogen-bond donors (Lipinski definition) is 0. The highest BCUT2D eigenvalue weighted by atomic mass is 16.2. The van der Waals surface area contributed by atoms with Crippen LogP contribution in [0.25, 0.3) is 11.3 Å².